The van der Waals surface area contributed by atoms with Crippen molar-refractivity contribution in [1.82, 2.24) is 10.2 Å². The minimum absolute atomic E-state index is 0.109. The zero-order valence-electron chi connectivity index (χ0n) is 18.0. The zero-order valence-corrected chi connectivity index (χ0v) is 18.8. The van der Waals surface area contributed by atoms with Gasteiger partial charge in [0.05, 0.1) is 17.9 Å². The molecule has 0 aliphatic rings. The number of hydrogen-bond acceptors (Lipinski definition) is 4. The quantitative estimate of drug-likeness (QED) is 0.533. The van der Waals surface area contributed by atoms with Crippen LogP contribution in [0, 0.1) is 0 Å². The third-order valence-corrected chi connectivity index (χ3v) is 4.86. The van der Waals surface area contributed by atoms with Gasteiger partial charge in [-0.15, -0.1) is 0 Å². The van der Waals surface area contributed by atoms with Crippen molar-refractivity contribution in [2.75, 3.05) is 26.0 Å². The number of para-hydroxylation sites is 1. The number of carbonyl (C=O) groups is 2. The summed E-state index contributed by atoms with van der Waals surface area (Å²) in [4.78, 5) is 26.3. The van der Waals surface area contributed by atoms with Crippen LogP contribution < -0.4 is 15.4 Å². The van der Waals surface area contributed by atoms with Crippen LogP contribution >= 0.6 is 12.2 Å². The summed E-state index contributed by atoms with van der Waals surface area (Å²) in [7, 11) is 3.35. The molecule has 3 rings (SSSR count). The molecule has 6 nitrogen and oxygen atoms in total. The lowest BCUT2D eigenvalue weighted by Gasteiger charge is -2.16. The number of anilines is 1. The molecule has 164 valence electrons. The number of ether oxygens (including phenoxy) is 1. The minimum Gasteiger partial charge on any atom is -0.493 e. The fourth-order valence-electron chi connectivity index (χ4n) is 2.98. The molecule has 0 saturated heterocycles. The molecular weight excluding hydrogens is 422 g/mol. The van der Waals surface area contributed by atoms with Gasteiger partial charge in [-0.05, 0) is 54.2 Å². The van der Waals surface area contributed by atoms with Crippen LogP contribution in [0.4, 0.5) is 5.69 Å². The largest absolute Gasteiger partial charge is 0.493 e. The fraction of sp³-hybridized carbons (Fsp3) is 0.160. The number of benzene rings is 3. The van der Waals surface area contributed by atoms with Gasteiger partial charge in [0, 0.05) is 26.1 Å². The third kappa shape index (κ3) is 6.39. The Bertz CT molecular complexity index is 1080. The third-order valence-electron chi connectivity index (χ3n) is 4.66. The molecule has 32 heavy (non-hydrogen) atoms. The van der Waals surface area contributed by atoms with Gasteiger partial charge in [0.1, 0.15) is 5.75 Å². The second kappa shape index (κ2) is 11.1. The van der Waals surface area contributed by atoms with Crippen molar-refractivity contribution >= 4 is 34.8 Å². The van der Waals surface area contributed by atoms with E-state index in [0.717, 1.165) is 6.42 Å². The lowest BCUT2D eigenvalue weighted by atomic mass is 10.1. The van der Waals surface area contributed by atoms with Crippen LogP contribution in [0.3, 0.4) is 0 Å². The number of carbonyl (C=O) groups excluding carboxylic acids is 2. The molecule has 0 aliphatic carbocycles. The molecule has 0 aliphatic heterocycles. The highest BCUT2D eigenvalue weighted by Crippen LogP contribution is 2.17. The Kier molecular flexibility index (Phi) is 7.94. The van der Waals surface area contributed by atoms with Gasteiger partial charge in [0.2, 0.25) is 0 Å². The first-order valence-corrected chi connectivity index (χ1v) is 10.5. The lowest BCUT2D eigenvalue weighted by Crippen LogP contribution is -2.35. The molecule has 0 atom stereocenters. The van der Waals surface area contributed by atoms with Crippen LogP contribution in [0.25, 0.3) is 0 Å². The number of nitrogens with zero attached hydrogens (tertiary/aromatic N) is 1. The summed E-state index contributed by atoms with van der Waals surface area (Å²) in [5, 5.41) is 5.68. The highest BCUT2D eigenvalue weighted by molar-refractivity contribution is 7.80. The molecule has 2 amide bonds. The zero-order chi connectivity index (χ0) is 22.9. The predicted octanol–water partition coefficient (Wildman–Crippen LogP) is 4.14. The maximum absolute atomic E-state index is 12.5. The van der Waals surface area contributed by atoms with Crippen molar-refractivity contribution in [2.45, 2.75) is 6.42 Å². The maximum atomic E-state index is 12.5. The molecule has 2 N–H and O–H groups in total. The van der Waals surface area contributed by atoms with E-state index in [9.17, 15) is 9.59 Å². The molecule has 0 radical (unpaired) electrons. The first-order valence-electron chi connectivity index (χ1n) is 10.1. The summed E-state index contributed by atoms with van der Waals surface area (Å²) >= 11 is 5.26. The molecule has 7 heteroatoms. The van der Waals surface area contributed by atoms with E-state index >= 15 is 0 Å². The van der Waals surface area contributed by atoms with Crippen LogP contribution in [0.1, 0.15) is 26.3 Å². The van der Waals surface area contributed by atoms with E-state index in [2.05, 4.69) is 22.8 Å². The SMILES string of the molecule is CN(C)C(=O)c1ccccc1NC(=S)NC(=O)c1ccc(OCCc2ccccc2)cc1. The molecule has 0 spiro atoms. The average molecular weight is 448 g/mol. The van der Waals surface area contributed by atoms with Crippen LogP contribution in [-0.2, 0) is 6.42 Å². The van der Waals surface area contributed by atoms with Crippen LogP contribution in [0.15, 0.2) is 78.9 Å². The molecule has 0 saturated carbocycles. The molecule has 0 unspecified atom stereocenters. The van der Waals surface area contributed by atoms with Crippen molar-refractivity contribution in [2.24, 2.45) is 0 Å². The van der Waals surface area contributed by atoms with Crippen molar-refractivity contribution < 1.29 is 14.3 Å². The van der Waals surface area contributed by atoms with Gasteiger partial charge >= 0.3 is 0 Å². The second-order valence-corrected chi connectivity index (χ2v) is 7.67. The van der Waals surface area contributed by atoms with Crippen molar-refractivity contribution in [3.63, 3.8) is 0 Å². The van der Waals surface area contributed by atoms with Gasteiger partial charge < -0.3 is 15.0 Å². The lowest BCUT2D eigenvalue weighted by molar-refractivity contribution is 0.0828. The van der Waals surface area contributed by atoms with Gasteiger partial charge in [0.25, 0.3) is 11.8 Å². The monoisotopic (exact) mass is 447 g/mol. The molecule has 3 aromatic rings. The Labute approximate surface area is 193 Å². The minimum atomic E-state index is -0.352. The molecule has 0 bridgehead atoms. The van der Waals surface area contributed by atoms with E-state index < -0.39 is 0 Å². The van der Waals surface area contributed by atoms with Gasteiger partial charge in [-0.2, -0.15) is 0 Å². The number of hydrogen-bond donors (Lipinski definition) is 2. The summed E-state index contributed by atoms with van der Waals surface area (Å²) in [6.45, 7) is 0.550. The maximum Gasteiger partial charge on any atom is 0.257 e. The first kappa shape index (κ1) is 23.0. The highest BCUT2D eigenvalue weighted by Gasteiger charge is 2.15. The molecule has 3 aromatic carbocycles. The van der Waals surface area contributed by atoms with Gasteiger partial charge in [-0.1, -0.05) is 42.5 Å². The summed E-state index contributed by atoms with van der Waals surface area (Å²) in [6.07, 6.45) is 0.806. The van der Waals surface area contributed by atoms with E-state index in [4.69, 9.17) is 17.0 Å². The van der Waals surface area contributed by atoms with Crippen molar-refractivity contribution in [3.8, 4) is 5.75 Å². The van der Waals surface area contributed by atoms with Gasteiger partial charge in [-0.25, -0.2) is 0 Å². The fourth-order valence-corrected chi connectivity index (χ4v) is 3.18. The van der Waals surface area contributed by atoms with Crippen LogP contribution in [-0.4, -0.2) is 42.5 Å². The summed E-state index contributed by atoms with van der Waals surface area (Å²) in [5.41, 5.74) is 2.64. The van der Waals surface area contributed by atoms with E-state index in [-0.39, 0.29) is 16.9 Å². The Morgan fingerprint density at radius 1 is 0.906 bits per heavy atom. The van der Waals surface area contributed by atoms with E-state index in [1.54, 1.807) is 62.6 Å². The summed E-state index contributed by atoms with van der Waals surface area (Å²) in [5.74, 6) is 0.175. The number of nitrogens with one attached hydrogen (secondary N) is 2. The van der Waals surface area contributed by atoms with Crippen molar-refractivity contribution in [3.05, 3.63) is 95.6 Å². The van der Waals surface area contributed by atoms with Gasteiger partial charge in [-0.3, -0.25) is 14.9 Å². The normalized spacial score (nSPS) is 10.2. The first-order chi connectivity index (χ1) is 15.4. The molecule has 0 heterocycles. The van der Waals surface area contributed by atoms with Crippen molar-refractivity contribution in [1.29, 1.82) is 0 Å². The second-order valence-electron chi connectivity index (χ2n) is 7.26. The summed E-state index contributed by atoms with van der Waals surface area (Å²) in [6, 6.07) is 24.0. The highest BCUT2D eigenvalue weighted by atomic mass is 32.1. The molecule has 0 aromatic heterocycles. The van der Waals surface area contributed by atoms with E-state index in [1.165, 1.54) is 10.5 Å². The smallest absolute Gasteiger partial charge is 0.257 e. The average Bonchev–Trinajstić information content (AvgIpc) is 2.80. The number of amides is 2. The van der Waals surface area contributed by atoms with Gasteiger partial charge in [0.15, 0.2) is 5.11 Å². The Hall–Kier alpha value is -3.71. The topological polar surface area (TPSA) is 70.7 Å². The van der Waals surface area contributed by atoms with E-state index in [0.29, 0.717) is 29.2 Å². The Morgan fingerprint density at radius 3 is 2.25 bits per heavy atom. The predicted molar refractivity (Wildman–Crippen MR) is 130 cm³/mol. The Morgan fingerprint density at radius 2 is 1.56 bits per heavy atom. The standard InChI is InChI=1S/C25H25N3O3S/c1-28(2)24(30)21-10-6-7-11-22(21)26-25(32)27-23(29)19-12-14-20(15-13-19)31-17-16-18-8-4-3-5-9-18/h3-15H,16-17H2,1-2H3,(H2,26,27,29,32). The van der Waals surface area contributed by atoms with Crippen LogP contribution in [0.2, 0.25) is 0 Å². The molecule has 0 fully saturated rings. The Balaban J connectivity index is 1.53. The summed E-state index contributed by atoms with van der Waals surface area (Å²) < 4.78 is 5.75. The molecular formula is C25H25N3O3S. The van der Waals surface area contributed by atoms with Crippen LogP contribution in [0.5, 0.6) is 5.75 Å². The number of rotatable bonds is 7. The number of thiocarbonyl (C=S) groups is 1. The van der Waals surface area contributed by atoms with E-state index in [1.807, 2.05) is 18.2 Å².